The van der Waals surface area contributed by atoms with Crippen LogP contribution in [-0.4, -0.2) is 24.0 Å². The van der Waals surface area contributed by atoms with Gasteiger partial charge in [0.05, 0.1) is 0 Å². The molecule has 3 aromatic rings. The van der Waals surface area contributed by atoms with Crippen molar-refractivity contribution in [2.24, 2.45) is 5.41 Å². The molecule has 32 heavy (non-hydrogen) atoms. The zero-order valence-electron chi connectivity index (χ0n) is 18.3. The second-order valence-electron chi connectivity index (χ2n) is 7.74. The van der Waals surface area contributed by atoms with Gasteiger partial charge in [-0.1, -0.05) is 111 Å². The van der Waals surface area contributed by atoms with Crippen LogP contribution in [0.2, 0.25) is 0 Å². The van der Waals surface area contributed by atoms with Crippen molar-refractivity contribution in [2.75, 3.05) is 6.61 Å². The summed E-state index contributed by atoms with van der Waals surface area (Å²) in [6.07, 6.45) is 1.15. The van der Waals surface area contributed by atoms with Gasteiger partial charge in [-0.2, -0.15) is 0 Å². The van der Waals surface area contributed by atoms with Gasteiger partial charge in [0.25, 0.3) is 0 Å². The Morgan fingerprint density at radius 2 is 1.00 bits per heavy atom. The van der Waals surface area contributed by atoms with Gasteiger partial charge in [-0.25, -0.2) is 0 Å². The monoisotopic (exact) mass is 424 g/mol. The molecule has 0 saturated carbocycles. The SMILES string of the molecule is C=C(c1ccccc1)C(CCCOB(O)O)(C(=C)c1ccccc1)C(=C)c1ccccc1. The Bertz CT molecular complexity index is 919. The van der Waals surface area contributed by atoms with E-state index in [1.807, 2.05) is 91.0 Å². The molecule has 162 valence electrons. The highest BCUT2D eigenvalue weighted by molar-refractivity contribution is 6.32. The van der Waals surface area contributed by atoms with Crippen molar-refractivity contribution in [1.82, 2.24) is 0 Å². The first kappa shape index (κ1) is 23.5. The molecule has 0 aliphatic rings. The topological polar surface area (TPSA) is 49.7 Å². The third-order valence-electron chi connectivity index (χ3n) is 5.88. The van der Waals surface area contributed by atoms with E-state index in [0.29, 0.717) is 12.8 Å². The lowest BCUT2D eigenvalue weighted by atomic mass is 9.62. The van der Waals surface area contributed by atoms with Crippen molar-refractivity contribution in [3.63, 3.8) is 0 Å². The van der Waals surface area contributed by atoms with Crippen molar-refractivity contribution < 1.29 is 14.7 Å². The molecule has 3 nitrogen and oxygen atoms in total. The van der Waals surface area contributed by atoms with Crippen LogP contribution in [-0.2, 0) is 4.65 Å². The molecule has 0 atom stereocenters. The Morgan fingerprint density at radius 1 is 0.656 bits per heavy atom. The molecular weight excluding hydrogens is 395 g/mol. The summed E-state index contributed by atoms with van der Waals surface area (Å²) in [6.45, 7) is 13.8. The quantitative estimate of drug-likeness (QED) is 0.299. The van der Waals surface area contributed by atoms with Crippen LogP contribution in [0.4, 0.5) is 0 Å². The number of allylic oxidation sites excluding steroid dienone is 3. The lowest BCUT2D eigenvalue weighted by molar-refractivity contribution is 0.180. The van der Waals surface area contributed by atoms with Crippen molar-refractivity contribution in [3.8, 4) is 0 Å². The summed E-state index contributed by atoms with van der Waals surface area (Å²) in [6, 6.07) is 30.2. The molecular formula is C28H29BO3. The van der Waals surface area contributed by atoms with Crippen molar-refractivity contribution in [2.45, 2.75) is 12.8 Å². The molecule has 0 unspecified atom stereocenters. The first-order valence-corrected chi connectivity index (χ1v) is 10.7. The maximum atomic E-state index is 9.12. The summed E-state index contributed by atoms with van der Waals surface area (Å²) in [5.74, 6) is 0. The van der Waals surface area contributed by atoms with Crippen LogP contribution in [0.1, 0.15) is 29.5 Å². The largest absolute Gasteiger partial charge is 0.633 e. The molecule has 2 N–H and O–H groups in total. The number of hydrogen-bond donors (Lipinski definition) is 2. The van der Waals surface area contributed by atoms with Gasteiger partial charge in [-0.3, -0.25) is 0 Å². The second kappa shape index (κ2) is 10.9. The van der Waals surface area contributed by atoms with Gasteiger partial charge in [0.1, 0.15) is 0 Å². The van der Waals surface area contributed by atoms with E-state index in [0.717, 1.165) is 33.4 Å². The van der Waals surface area contributed by atoms with E-state index in [1.54, 1.807) is 0 Å². The highest BCUT2D eigenvalue weighted by Gasteiger charge is 2.40. The maximum absolute atomic E-state index is 9.12. The minimum absolute atomic E-state index is 0.186. The van der Waals surface area contributed by atoms with Crippen molar-refractivity contribution in [3.05, 3.63) is 127 Å². The molecule has 0 fully saturated rings. The van der Waals surface area contributed by atoms with Crippen LogP contribution < -0.4 is 0 Å². The average Bonchev–Trinajstić information content (AvgIpc) is 2.84. The number of rotatable bonds is 11. The summed E-state index contributed by atoms with van der Waals surface area (Å²) in [4.78, 5) is 0. The van der Waals surface area contributed by atoms with Gasteiger partial charge in [-0.15, -0.1) is 0 Å². The Labute approximate surface area is 191 Å². The molecule has 0 aromatic heterocycles. The van der Waals surface area contributed by atoms with Crippen LogP contribution >= 0.6 is 0 Å². The third-order valence-corrected chi connectivity index (χ3v) is 5.88. The highest BCUT2D eigenvalue weighted by Crippen LogP contribution is 2.55. The van der Waals surface area contributed by atoms with Crippen LogP contribution in [0.3, 0.4) is 0 Å². The summed E-state index contributed by atoms with van der Waals surface area (Å²) < 4.78 is 5.02. The predicted molar refractivity (Wildman–Crippen MR) is 134 cm³/mol. The molecule has 0 aliphatic carbocycles. The minimum Gasteiger partial charge on any atom is -0.402 e. The Kier molecular flexibility index (Phi) is 8.01. The molecule has 0 heterocycles. The molecule has 0 spiro atoms. The summed E-state index contributed by atoms with van der Waals surface area (Å²) >= 11 is 0. The number of hydrogen-bond acceptors (Lipinski definition) is 3. The van der Waals surface area contributed by atoms with Gasteiger partial charge < -0.3 is 14.7 Å². The fourth-order valence-electron chi connectivity index (χ4n) is 4.18. The summed E-state index contributed by atoms with van der Waals surface area (Å²) in [5.41, 5.74) is 4.99. The summed E-state index contributed by atoms with van der Waals surface area (Å²) in [5, 5.41) is 18.2. The van der Waals surface area contributed by atoms with Crippen LogP contribution in [0.5, 0.6) is 0 Å². The van der Waals surface area contributed by atoms with E-state index in [-0.39, 0.29) is 6.61 Å². The molecule has 3 rings (SSSR count). The Hall–Kier alpha value is -3.18. The zero-order chi connectivity index (χ0) is 23.0. The Balaban J connectivity index is 2.15. The zero-order valence-corrected chi connectivity index (χ0v) is 18.3. The third kappa shape index (κ3) is 5.17. The average molecular weight is 424 g/mol. The van der Waals surface area contributed by atoms with Gasteiger partial charge >= 0.3 is 7.32 Å². The van der Waals surface area contributed by atoms with Gasteiger partial charge in [0.15, 0.2) is 0 Å². The summed E-state index contributed by atoms with van der Waals surface area (Å²) in [7, 11) is -1.80. The lowest BCUT2D eigenvalue weighted by Crippen LogP contribution is -2.27. The maximum Gasteiger partial charge on any atom is 0.633 e. The van der Waals surface area contributed by atoms with Crippen molar-refractivity contribution in [1.29, 1.82) is 0 Å². The molecule has 3 aromatic carbocycles. The molecule has 0 aliphatic heterocycles. The van der Waals surface area contributed by atoms with Gasteiger partial charge in [-0.05, 0) is 46.3 Å². The molecule has 0 bridgehead atoms. The lowest BCUT2D eigenvalue weighted by Gasteiger charge is -2.41. The van der Waals surface area contributed by atoms with E-state index >= 15 is 0 Å². The van der Waals surface area contributed by atoms with Gasteiger partial charge in [0, 0.05) is 12.0 Å². The van der Waals surface area contributed by atoms with E-state index in [4.69, 9.17) is 14.7 Å². The van der Waals surface area contributed by atoms with E-state index < -0.39 is 12.7 Å². The minimum atomic E-state index is -1.80. The standard InChI is InChI=1S/C28H29BO3/c1-22(25-14-7-4-8-15-25)28(20-13-21-32-29(30)31,23(2)26-16-9-5-10-17-26)24(3)27-18-11-6-12-19-27/h4-12,14-19,30-31H,1-3,13,20-21H2. The first-order chi connectivity index (χ1) is 15.5. The molecule has 4 heteroatoms. The van der Waals surface area contributed by atoms with Crippen LogP contribution in [0.15, 0.2) is 111 Å². The highest BCUT2D eigenvalue weighted by atomic mass is 16.6. The van der Waals surface area contributed by atoms with E-state index in [2.05, 4.69) is 19.7 Å². The Morgan fingerprint density at radius 3 is 1.31 bits per heavy atom. The van der Waals surface area contributed by atoms with Crippen LogP contribution in [0.25, 0.3) is 16.7 Å². The van der Waals surface area contributed by atoms with Crippen LogP contribution in [0, 0.1) is 5.41 Å². The molecule has 0 radical (unpaired) electrons. The fraction of sp³-hybridized carbons (Fsp3) is 0.143. The number of benzene rings is 3. The fourth-order valence-corrected chi connectivity index (χ4v) is 4.18. The second-order valence-corrected chi connectivity index (χ2v) is 7.74. The normalized spacial score (nSPS) is 11.1. The van der Waals surface area contributed by atoms with Gasteiger partial charge in [0.2, 0.25) is 0 Å². The van der Waals surface area contributed by atoms with E-state index in [1.165, 1.54) is 0 Å². The molecule has 0 amide bonds. The predicted octanol–water partition coefficient (Wildman–Crippen LogP) is 5.88. The smallest absolute Gasteiger partial charge is 0.402 e. The van der Waals surface area contributed by atoms with E-state index in [9.17, 15) is 0 Å². The van der Waals surface area contributed by atoms with Crippen molar-refractivity contribution >= 4 is 24.0 Å². The molecule has 0 saturated heterocycles. The first-order valence-electron chi connectivity index (χ1n) is 10.7.